The zero-order chi connectivity index (χ0) is 24.4. The number of nitrogens with zero attached hydrogens (tertiary/aromatic N) is 1. The molecule has 2 N–H and O–H groups in total. The third kappa shape index (κ3) is 4.30. The minimum absolute atomic E-state index is 0.180. The van der Waals surface area contributed by atoms with Crippen LogP contribution in [0, 0.1) is 6.92 Å². The fourth-order valence-corrected chi connectivity index (χ4v) is 4.74. The Labute approximate surface area is 205 Å². The number of hydrogen-bond donors (Lipinski definition) is 2. The number of hydrogen-bond acceptors (Lipinski definition) is 4. The maximum absolute atomic E-state index is 9.93. The summed E-state index contributed by atoms with van der Waals surface area (Å²) in [6.45, 7) is 1.56. The maximum atomic E-state index is 9.93. The third-order valence-electron chi connectivity index (χ3n) is 6.42. The van der Waals surface area contributed by atoms with Crippen LogP contribution in [-0.2, 0) is 13.2 Å². The Morgan fingerprint density at radius 3 is 1.77 bits per heavy atom. The summed E-state index contributed by atoms with van der Waals surface area (Å²) in [5, 5.41) is 21.6. The van der Waals surface area contributed by atoms with Gasteiger partial charge in [0.15, 0.2) is 0 Å². The lowest BCUT2D eigenvalue weighted by Gasteiger charge is -2.17. The van der Waals surface area contributed by atoms with Gasteiger partial charge in [0.05, 0.1) is 26.0 Å². The van der Waals surface area contributed by atoms with E-state index in [1.54, 1.807) is 7.11 Å². The lowest BCUT2D eigenvalue weighted by atomic mass is 9.93. The van der Waals surface area contributed by atoms with Crippen LogP contribution in [0.25, 0.3) is 44.3 Å². The van der Waals surface area contributed by atoms with Gasteiger partial charge in [-0.3, -0.25) is 4.98 Å². The van der Waals surface area contributed by atoms with Crippen LogP contribution in [0.4, 0.5) is 0 Å². The van der Waals surface area contributed by atoms with E-state index in [4.69, 9.17) is 9.72 Å². The summed E-state index contributed by atoms with van der Waals surface area (Å²) in [7, 11) is 1.58. The number of rotatable bonds is 6. The van der Waals surface area contributed by atoms with Crippen molar-refractivity contribution in [2.75, 3.05) is 7.11 Å². The van der Waals surface area contributed by atoms with Crippen LogP contribution in [0.1, 0.15) is 16.8 Å². The van der Waals surface area contributed by atoms with Gasteiger partial charge in [0.1, 0.15) is 5.75 Å². The first-order chi connectivity index (χ1) is 17.1. The second-order valence-electron chi connectivity index (χ2n) is 8.59. The first-order valence-corrected chi connectivity index (χ1v) is 11.6. The molecule has 0 aliphatic rings. The molecule has 174 valence electrons. The highest BCUT2D eigenvalue weighted by Gasteiger charge is 2.17. The molecule has 1 aromatic heterocycles. The van der Waals surface area contributed by atoms with Crippen molar-refractivity contribution in [2.45, 2.75) is 20.1 Å². The molecule has 0 saturated carbocycles. The number of methoxy groups -OCH3 is 1. The second kappa shape index (κ2) is 9.71. The van der Waals surface area contributed by atoms with Crippen LogP contribution in [0.5, 0.6) is 5.75 Å². The summed E-state index contributed by atoms with van der Waals surface area (Å²) in [6, 6.07) is 31.2. The van der Waals surface area contributed by atoms with Gasteiger partial charge in [-0.1, -0.05) is 60.7 Å². The topological polar surface area (TPSA) is 62.6 Å². The highest BCUT2D eigenvalue weighted by atomic mass is 16.5. The quantitative estimate of drug-likeness (QED) is 0.301. The number of aliphatic hydroxyl groups excluding tert-OH is 2. The van der Waals surface area contributed by atoms with E-state index < -0.39 is 0 Å². The van der Waals surface area contributed by atoms with Gasteiger partial charge >= 0.3 is 0 Å². The van der Waals surface area contributed by atoms with E-state index in [9.17, 15) is 10.2 Å². The fourth-order valence-electron chi connectivity index (χ4n) is 4.74. The van der Waals surface area contributed by atoms with Gasteiger partial charge in [-0.2, -0.15) is 0 Å². The van der Waals surface area contributed by atoms with Gasteiger partial charge < -0.3 is 14.9 Å². The van der Waals surface area contributed by atoms with Crippen molar-refractivity contribution in [1.29, 1.82) is 0 Å². The Balaban J connectivity index is 1.76. The molecule has 5 aromatic rings. The molecule has 0 spiro atoms. The van der Waals surface area contributed by atoms with Crippen LogP contribution in [0.2, 0.25) is 0 Å². The molecule has 5 rings (SSSR count). The van der Waals surface area contributed by atoms with E-state index in [1.807, 2.05) is 55.5 Å². The summed E-state index contributed by atoms with van der Waals surface area (Å²) < 4.78 is 5.66. The van der Waals surface area contributed by atoms with Crippen LogP contribution in [0.15, 0.2) is 91.0 Å². The molecule has 0 aliphatic carbocycles. The van der Waals surface area contributed by atoms with Gasteiger partial charge in [0.25, 0.3) is 0 Å². The zero-order valence-corrected chi connectivity index (χ0v) is 19.8. The van der Waals surface area contributed by atoms with E-state index in [-0.39, 0.29) is 13.2 Å². The number of aliphatic hydroxyl groups is 2. The summed E-state index contributed by atoms with van der Waals surface area (Å²) in [5.74, 6) is 0.564. The van der Waals surface area contributed by atoms with Crippen molar-refractivity contribution >= 4 is 10.8 Å². The van der Waals surface area contributed by atoms with Crippen LogP contribution in [0.3, 0.4) is 0 Å². The predicted octanol–water partition coefficient (Wildman–Crippen LogP) is 6.54. The SMILES string of the molecule is COc1c(CO)c(CO)cc2cc(-c3cc(-c4ccccc4)cc(-c4ccccc4)c3)nc(C)c12. The first-order valence-electron chi connectivity index (χ1n) is 11.6. The molecule has 0 saturated heterocycles. The molecular formula is C31H27NO3. The Morgan fingerprint density at radius 2 is 1.26 bits per heavy atom. The molecule has 1 heterocycles. The van der Waals surface area contributed by atoms with Gasteiger partial charge in [0, 0.05) is 22.2 Å². The molecule has 0 radical (unpaired) electrons. The largest absolute Gasteiger partial charge is 0.496 e. The second-order valence-corrected chi connectivity index (χ2v) is 8.59. The standard InChI is InChI=1S/C31H27NO3/c1-20-30-26(16-27(18-33)28(19-34)31(30)35-2)17-29(32-20)25-14-23(21-9-5-3-6-10-21)13-24(15-25)22-11-7-4-8-12-22/h3-17,33-34H,18-19H2,1-2H3. The Bertz CT molecular complexity index is 1440. The summed E-state index contributed by atoms with van der Waals surface area (Å²) in [6.07, 6.45) is 0. The van der Waals surface area contributed by atoms with Crippen molar-refractivity contribution < 1.29 is 14.9 Å². The lowest BCUT2D eigenvalue weighted by molar-refractivity contribution is 0.254. The molecule has 4 aromatic carbocycles. The van der Waals surface area contributed by atoms with Gasteiger partial charge in [0.2, 0.25) is 0 Å². The van der Waals surface area contributed by atoms with E-state index >= 15 is 0 Å². The molecule has 35 heavy (non-hydrogen) atoms. The van der Waals surface area contributed by atoms with Crippen LogP contribution in [-0.4, -0.2) is 22.3 Å². The molecule has 0 fully saturated rings. The number of pyridine rings is 1. The molecule has 0 bridgehead atoms. The average molecular weight is 462 g/mol. The van der Waals surface area contributed by atoms with Crippen molar-refractivity contribution in [3.05, 3.63) is 108 Å². The monoisotopic (exact) mass is 461 g/mol. The normalized spacial score (nSPS) is 11.1. The molecule has 4 nitrogen and oxygen atoms in total. The predicted molar refractivity (Wildman–Crippen MR) is 141 cm³/mol. The molecule has 4 heteroatoms. The fraction of sp³-hybridized carbons (Fsp3) is 0.129. The van der Waals surface area contributed by atoms with E-state index in [2.05, 4.69) is 42.5 Å². The summed E-state index contributed by atoms with van der Waals surface area (Å²) in [4.78, 5) is 4.96. The smallest absolute Gasteiger partial charge is 0.134 e. The van der Waals surface area contributed by atoms with Gasteiger partial charge in [-0.05, 0) is 70.5 Å². The van der Waals surface area contributed by atoms with Crippen LogP contribution >= 0.6 is 0 Å². The van der Waals surface area contributed by atoms with Gasteiger partial charge in [-0.15, -0.1) is 0 Å². The van der Waals surface area contributed by atoms with E-state index in [0.717, 1.165) is 50.0 Å². The number of aryl methyl sites for hydroxylation is 1. The minimum atomic E-state index is -0.213. The lowest BCUT2D eigenvalue weighted by Crippen LogP contribution is -2.02. The molecular weight excluding hydrogens is 434 g/mol. The number of benzene rings is 4. The van der Waals surface area contributed by atoms with Crippen molar-refractivity contribution in [1.82, 2.24) is 4.98 Å². The highest BCUT2D eigenvalue weighted by molar-refractivity contribution is 5.95. The number of aromatic nitrogens is 1. The number of fused-ring (bicyclic) bond motifs is 1. The Hall–Kier alpha value is -3.99. The molecule has 0 aliphatic heterocycles. The van der Waals surface area contributed by atoms with E-state index in [1.165, 1.54) is 0 Å². The Morgan fingerprint density at radius 1 is 0.686 bits per heavy atom. The molecule has 0 atom stereocenters. The number of ether oxygens (including phenoxy) is 1. The maximum Gasteiger partial charge on any atom is 0.134 e. The highest BCUT2D eigenvalue weighted by Crippen LogP contribution is 2.38. The van der Waals surface area contributed by atoms with E-state index in [0.29, 0.717) is 16.9 Å². The summed E-state index contributed by atoms with van der Waals surface area (Å²) in [5.41, 5.74) is 8.41. The van der Waals surface area contributed by atoms with Crippen molar-refractivity contribution in [3.63, 3.8) is 0 Å². The van der Waals surface area contributed by atoms with Crippen LogP contribution < -0.4 is 4.74 Å². The minimum Gasteiger partial charge on any atom is -0.496 e. The first kappa shape index (κ1) is 22.8. The molecule has 0 amide bonds. The zero-order valence-electron chi connectivity index (χ0n) is 19.8. The summed E-state index contributed by atoms with van der Waals surface area (Å²) >= 11 is 0. The average Bonchev–Trinajstić information content (AvgIpc) is 2.92. The van der Waals surface area contributed by atoms with Crippen molar-refractivity contribution in [2.24, 2.45) is 0 Å². The van der Waals surface area contributed by atoms with Crippen molar-refractivity contribution in [3.8, 4) is 39.3 Å². The molecule has 0 unspecified atom stereocenters. The van der Waals surface area contributed by atoms with Gasteiger partial charge in [-0.25, -0.2) is 0 Å². The Kier molecular flexibility index (Phi) is 6.32. The third-order valence-corrected chi connectivity index (χ3v) is 6.42.